The highest BCUT2D eigenvalue weighted by Crippen LogP contribution is 2.40. The van der Waals surface area contributed by atoms with Gasteiger partial charge in [-0.25, -0.2) is 8.78 Å². The van der Waals surface area contributed by atoms with Crippen molar-refractivity contribution >= 4 is 22.3 Å². The normalized spacial score (nSPS) is 13.9. The number of halogens is 2. The minimum atomic E-state index is -0.909. The van der Waals surface area contributed by atoms with Gasteiger partial charge in [-0.1, -0.05) is 30.3 Å². The van der Waals surface area contributed by atoms with Gasteiger partial charge < -0.3 is 15.6 Å². The van der Waals surface area contributed by atoms with Crippen LogP contribution < -0.4 is 16.5 Å². The molecule has 1 fully saturated rings. The van der Waals surface area contributed by atoms with Crippen molar-refractivity contribution in [2.45, 2.75) is 25.3 Å². The molecule has 1 aliphatic rings. The molecule has 1 aliphatic carbocycles. The molecule has 1 aromatic heterocycles. The first-order valence-corrected chi connectivity index (χ1v) is 8.67. The summed E-state index contributed by atoms with van der Waals surface area (Å²) in [6.45, 7) is 0.350. The molecule has 4 rings (SSSR count). The zero-order valence-corrected chi connectivity index (χ0v) is 14.1. The molecular formula is C20H19F2N3O. The van der Waals surface area contributed by atoms with E-state index in [0.717, 1.165) is 18.4 Å². The number of benzene rings is 2. The maximum absolute atomic E-state index is 15.1. The predicted octanol–water partition coefficient (Wildman–Crippen LogP) is 3.85. The Hall–Kier alpha value is -2.89. The van der Waals surface area contributed by atoms with Gasteiger partial charge in [0.2, 0.25) is 0 Å². The fourth-order valence-electron chi connectivity index (χ4n) is 3.28. The third kappa shape index (κ3) is 2.81. The van der Waals surface area contributed by atoms with Gasteiger partial charge in [0.05, 0.1) is 16.6 Å². The Labute approximate surface area is 149 Å². The molecule has 0 atom stereocenters. The van der Waals surface area contributed by atoms with Crippen LogP contribution in [-0.4, -0.2) is 11.1 Å². The van der Waals surface area contributed by atoms with Gasteiger partial charge >= 0.3 is 0 Å². The average Bonchev–Trinajstić information content (AvgIpc) is 3.48. The zero-order valence-electron chi connectivity index (χ0n) is 14.1. The van der Waals surface area contributed by atoms with Gasteiger partial charge in [-0.05, 0) is 24.8 Å². The van der Waals surface area contributed by atoms with Gasteiger partial charge in [-0.3, -0.25) is 4.79 Å². The van der Waals surface area contributed by atoms with Crippen LogP contribution in [-0.2, 0) is 6.42 Å². The molecule has 3 aromatic rings. The first-order valence-electron chi connectivity index (χ1n) is 8.67. The fourth-order valence-corrected chi connectivity index (χ4v) is 3.28. The van der Waals surface area contributed by atoms with E-state index in [4.69, 9.17) is 5.73 Å². The van der Waals surface area contributed by atoms with E-state index in [1.54, 1.807) is 10.8 Å². The lowest BCUT2D eigenvalue weighted by Crippen LogP contribution is -2.16. The van der Waals surface area contributed by atoms with Gasteiger partial charge in [0.15, 0.2) is 17.1 Å². The molecule has 1 saturated carbocycles. The predicted molar refractivity (Wildman–Crippen MR) is 99.4 cm³/mol. The Balaban J connectivity index is 1.75. The number of hydrogen-bond acceptors (Lipinski definition) is 3. The van der Waals surface area contributed by atoms with Crippen LogP contribution in [0.4, 0.5) is 20.2 Å². The summed E-state index contributed by atoms with van der Waals surface area (Å²) in [5.41, 5.74) is 5.97. The maximum atomic E-state index is 15.1. The topological polar surface area (TPSA) is 60.0 Å². The summed E-state index contributed by atoms with van der Waals surface area (Å²) in [6.07, 6.45) is 4.00. The molecular weight excluding hydrogens is 336 g/mol. The summed E-state index contributed by atoms with van der Waals surface area (Å²) in [6, 6.07) is 11.1. The molecule has 3 N–H and O–H groups in total. The molecule has 6 heteroatoms. The van der Waals surface area contributed by atoms with Crippen molar-refractivity contribution in [2.24, 2.45) is 0 Å². The quantitative estimate of drug-likeness (QED) is 0.684. The summed E-state index contributed by atoms with van der Waals surface area (Å²) in [5, 5.41) is 2.74. The van der Waals surface area contributed by atoms with Crippen LogP contribution in [0.25, 0.3) is 10.9 Å². The Bertz CT molecular complexity index is 1030. The first-order chi connectivity index (χ1) is 12.6. The van der Waals surface area contributed by atoms with E-state index in [1.807, 2.05) is 30.3 Å². The minimum Gasteiger partial charge on any atom is -0.396 e. The highest BCUT2D eigenvalue weighted by molar-refractivity contribution is 5.94. The van der Waals surface area contributed by atoms with E-state index in [2.05, 4.69) is 5.32 Å². The van der Waals surface area contributed by atoms with E-state index < -0.39 is 17.1 Å². The highest BCUT2D eigenvalue weighted by atomic mass is 19.1. The number of hydrogen-bond donors (Lipinski definition) is 2. The van der Waals surface area contributed by atoms with Crippen molar-refractivity contribution in [2.75, 3.05) is 17.6 Å². The van der Waals surface area contributed by atoms with Crippen LogP contribution in [0.1, 0.15) is 24.4 Å². The van der Waals surface area contributed by atoms with Gasteiger partial charge in [0, 0.05) is 24.8 Å². The van der Waals surface area contributed by atoms with Gasteiger partial charge in [-0.15, -0.1) is 0 Å². The molecule has 2 aromatic carbocycles. The first kappa shape index (κ1) is 16.6. The monoisotopic (exact) mass is 355 g/mol. The van der Waals surface area contributed by atoms with Crippen molar-refractivity contribution in [3.8, 4) is 0 Å². The number of anilines is 2. The van der Waals surface area contributed by atoms with Crippen molar-refractivity contribution < 1.29 is 8.78 Å². The molecule has 26 heavy (non-hydrogen) atoms. The molecule has 0 saturated heterocycles. The Morgan fingerprint density at radius 3 is 2.54 bits per heavy atom. The van der Waals surface area contributed by atoms with Crippen LogP contribution in [0.5, 0.6) is 0 Å². The van der Waals surface area contributed by atoms with Crippen molar-refractivity contribution in [3.05, 3.63) is 70.0 Å². The third-order valence-corrected chi connectivity index (χ3v) is 4.78. The van der Waals surface area contributed by atoms with Crippen LogP contribution in [0.2, 0.25) is 0 Å². The summed E-state index contributed by atoms with van der Waals surface area (Å²) in [7, 11) is 0. The summed E-state index contributed by atoms with van der Waals surface area (Å²) >= 11 is 0. The van der Waals surface area contributed by atoms with E-state index in [1.165, 1.54) is 6.07 Å². The molecule has 0 bridgehead atoms. The molecule has 4 nitrogen and oxygen atoms in total. The number of pyridine rings is 1. The maximum Gasteiger partial charge on any atom is 0.191 e. The number of nitrogens with one attached hydrogen (secondary N) is 1. The summed E-state index contributed by atoms with van der Waals surface area (Å²) in [4.78, 5) is 12.2. The number of aromatic nitrogens is 1. The lowest BCUT2D eigenvalue weighted by atomic mass is 10.1. The van der Waals surface area contributed by atoms with E-state index in [-0.39, 0.29) is 28.3 Å². The molecule has 1 heterocycles. The number of fused-ring (bicyclic) bond motifs is 1. The van der Waals surface area contributed by atoms with Crippen LogP contribution >= 0.6 is 0 Å². The molecule has 0 aliphatic heterocycles. The van der Waals surface area contributed by atoms with Crippen molar-refractivity contribution in [1.29, 1.82) is 0 Å². The second-order valence-corrected chi connectivity index (χ2v) is 6.62. The van der Waals surface area contributed by atoms with Crippen molar-refractivity contribution in [3.63, 3.8) is 0 Å². The molecule has 0 radical (unpaired) electrons. The molecule has 0 unspecified atom stereocenters. The van der Waals surface area contributed by atoms with Gasteiger partial charge in [0.1, 0.15) is 5.69 Å². The van der Waals surface area contributed by atoms with E-state index in [0.29, 0.717) is 13.0 Å². The second-order valence-electron chi connectivity index (χ2n) is 6.62. The highest BCUT2D eigenvalue weighted by Gasteiger charge is 2.29. The van der Waals surface area contributed by atoms with E-state index >= 15 is 4.39 Å². The fraction of sp³-hybridized carbons (Fsp3) is 0.250. The Morgan fingerprint density at radius 1 is 1.12 bits per heavy atom. The second kappa shape index (κ2) is 6.44. The van der Waals surface area contributed by atoms with E-state index in [9.17, 15) is 9.18 Å². The zero-order chi connectivity index (χ0) is 18.3. The summed E-state index contributed by atoms with van der Waals surface area (Å²) in [5.74, 6) is -1.67. The Kier molecular flexibility index (Phi) is 4.11. The average molecular weight is 355 g/mol. The van der Waals surface area contributed by atoms with Crippen molar-refractivity contribution in [1.82, 2.24) is 4.57 Å². The van der Waals surface area contributed by atoms with Crippen LogP contribution in [0, 0.1) is 11.6 Å². The third-order valence-electron chi connectivity index (χ3n) is 4.78. The molecule has 134 valence electrons. The van der Waals surface area contributed by atoms with Gasteiger partial charge in [-0.2, -0.15) is 0 Å². The van der Waals surface area contributed by atoms with Gasteiger partial charge in [0.25, 0.3) is 0 Å². The van der Waals surface area contributed by atoms with Crippen LogP contribution in [0.3, 0.4) is 0 Å². The number of nitrogens with zero attached hydrogens (tertiary/aromatic N) is 1. The standard InChI is InChI=1S/C20H19F2N3O/c21-16-18(23)15-14(26)9-11-25(13-6-7-13)20(15)17(22)19(16)24-10-8-12-4-2-1-3-5-12/h1-5,9,11,13,24H,6-8,10,23H2. The lowest BCUT2D eigenvalue weighted by molar-refractivity contribution is 0.590. The van der Waals surface area contributed by atoms with Crippen LogP contribution in [0.15, 0.2) is 47.4 Å². The number of rotatable bonds is 5. The molecule has 0 amide bonds. The smallest absolute Gasteiger partial charge is 0.191 e. The summed E-state index contributed by atoms with van der Waals surface area (Å²) < 4.78 is 31.5. The lowest BCUT2D eigenvalue weighted by Gasteiger charge is -2.17. The largest absolute Gasteiger partial charge is 0.396 e. The molecule has 0 spiro atoms. The minimum absolute atomic E-state index is 0.0805. The SMILES string of the molecule is Nc1c(F)c(NCCc2ccccc2)c(F)c2c1c(=O)ccn2C1CC1. The number of nitrogen functional groups attached to an aromatic ring is 1. The Morgan fingerprint density at radius 2 is 1.85 bits per heavy atom. The number of nitrogens with two attached hydrogens (primary N) is 1.